The Morgan fingerprint density at radius 1 is 1.18 bits per heavy atom. The minimum absolute atomic E-state index is 0.0253. The maximum atomic E-state index is 6.59. The Labute approximate surface area is 167 Å². The van der Waals surface area contributed by atoms with Gasteiger partial charge in [-0.05, 0) is 32.3 Å². The lowest BCUT2D eigenvalue weighted by Crippen LogP contribution is -2.32. The van der Waals surface area contributed by atoms with Crippen LogP contribution in [0.2, 0.25) is 5.02 Å². The summed E-state index contributed by atoms with van der Waals surface area (Å²) in [7, 11) is 0. The smallest absolute Gasteiger partial charge is 0.182 e. The predicted octanol–water partition coefficient (Wildman–Crippen LogP) is 3.82. The van der Waals surface area contributed by atoms with Gasteiger partial charge in [-0.25, -0.2) is 19.9 Å². The van der Waals surface area contributed by atoms with Crippen molar-refractivity contribution in [2.75, 3.05) is 23.3 Å². The summed E-state index contributed by atoms with van der Waals surface area (Å²) in [6.07, 6.45) is 10.5. The fourth-order valence-corrected chi connectivity index (χ4v) is 4.23. The zero-order valence-corrected chi connectivity index (χ0v) is 16.3. The molecule has 0 aliphatic carbocycles. The monoisotopic (exact) mass is 396 g/mol. The molecule has 8 nitrogen and oxygen atoms in total. The molecule has 1 aliphatic heterocycles. The van der Waals surface area contributed by atoms with Crippen molar-refractivity contribution >= 4 is 39.9 Å². The SMILES string of the molecule is CC(Nc1ncnc2nc[nH]c12)c1cc(Cl)c2cncn2c1N1CCCCC1. The third-order valence-electron chi connectivity index (χ3n) is 5.35. The minimum atomic E-state index is -0.0253. The van der Waals surface area contributed by atoms with Gasteiger partial charge in [0.1, 0.15) is 24.0 Å². The summed E-state index contributed by atoms with van der Waals surface area (Å²) in [6, 6.07) is 2.02. The first kappa shape index (κ1) is 17.2. The van der Waals surface area contributed by atoms with Gasteiger partial charge in [0.05, 0.1) is 29.1 Å². The summed E-state index contributed by atoms with van der Waals surface area (Å²) in [5.74, 6) is 1.87. The fourth-order valence-electron chi connectivity index (χ4n) is 3.97. The van der Waals surface area contributed by atoms with E-state index in [1.54, 1.807) is 6.33 Å². The number of aromatic amines is 1. The third kappa shape index (κ3) is 2.84. The molecule has 0 bridgehead atoms. The zero-order valence-electron chi connectivity index (χ0n) is 15.6. The van der Waals surface area contributed by atoms with Crippen molar-refractivity contribution in [3.05, 3.63) is 41.8 Å². The molecule has 2 N–H and O–H groups in total. The minimum Gasteiger partial charge on any atom is -0.362 e. The molecule has 1 aliphatic rings. The van der Waals surface area contributed by atoms with E-state index in [-0.39, 0.29) is 6.04 Å². The average Bonchev–Trinajstić information content (AvgIpc) is 3.39. The topological polar surface area (TPSA) is 87.0 Å². The lowest BCUT2D eigenvalue weighted by atomic mass is 10.1. The molecule has 1 saturated heterocycles. The number of nitrogens with one attached hydrogen (secondary N) is 2. The van der Waals surface area contributed by atoms with E-state index in [4.69, 9.17) is 11.6 Å². The van der Waals surface area contributed by atoms with E-state index >= 15 is 0 Å². The number of H-pyrrole nitrogens is 1. The quantitative estimate of drug-likeness (QED) is 0.545. The largest absolute Gasteiger partial charge is 0.362 e. The van der Waals surface area contributed by atoms with Gasteiger partial charge in [0.15, 0.2) is 11.5 Å². The molecule has 5 rings (SSSR count). The average molecular weight is 397 g/mol. The normalized spacial score (nSPS) is 16.0. The van der Waals surface area contributed by atoms with Crippen molar-refractivity contribution in [2.24, 2.45) is 0 Å². The van der Waals surface area contributed by atoms with Gasteiger partial charge in [-0.15, -0.1) is 0 Å². The molecule has 0 aromatic carbocycles. The van der Waals surface area contributed by atoms with Crippen molar-refractivity contribution in [3.8, 4) is 0 Å². The van der Waals surface area contributed by atoms with E-state index in [2.05, 4.69) is 46.5 Å². The van der Waals surface area contributed by atoms with Crippen LogP contribution in [0.5, 0.6) is 0 Å². The second-order valence-corrected chi connectivity index (χ2v) is 7.56. The Morgan fingerprint density at radius 2 is 2.04 bits per heavy atom. The molecule has 9 heteroatoms. The fraction of sp³-hybridized carbons (Fsp3) is 0.368. The summed E-state index contributed by atoms with van der Waals surface area (Å²) in [5.41, 5.74) is 3.48. The number of nitrogens with zero attached hydrogens (tertiary/aromatic N) is 6. The van der Waals surface area contributed by atoms with E-state index in [0.717, 1.165) is 41.3 Å². The van der Waals surface area contributed by atoms with Gasteiger partial charge in [0.25, 0.3) is 0 Å². The van der Waals surface area contributed by atoms with Crippen LogP contribution < -0.4 is 10.2 Å². The standard InChI is InChI=1S/C19H21ClN8/c1-12(26-18-16-17(23-9-22-16)24-10-25-18)13-7-14(20)15-8-21-11-28(15)19(13)27-5-3-2-4-6-27/h7-12H,2-6H2,1H3,(H2,22,23,24,25,26). The Balaban J connectivity index is 1.60. The molecule has 1 unspecified atom stereocenters. The molecular weight excluding hydrogens is 376 g/mol. The molecule has 1 atom stereocenters. The summed E-state index contributed by atoms with van der Waals surface area (Å²) in [4.78, 5) is 22.7. The van der Waals surface area contributed by atoms with Crippen LogP contribution >= 0.6 is 11.6 Å². The Kier molecular flexibility index (Phi) is 4.27. The highest BCUT2D eigenvalue weighted by molar-refractivity contribution is 6.34. The molecule has 0 saturated carbocycles. The van der Waals surface area contributed by atoms with Crippen LogP contribution in [0.25, 0.3) is 16.7 Å². The number of fused-ring (bicyclic) bond motifs is 2. The number of aromatic nitrogens is 6. The van der Waals surface area contributed by atoms with E-state index in [1.807, 2.05) is 18.6 Å². The number of pyridine rings is 1. The first-order valence-corrected chi connectivity index (χ1v) is 9.90. The van der Waals surface area contributed by atoms with Gasteiger partial charge >= 0.3 is 0 Å². The van der Waals surface area contributed by atoms with Gasteiger partial charge in [0.2, 0.25) is 0 Å². The summed E-state index contributed by atoms with van der Waals surface area (Å²) in [6.45, 7) is 4.19. The highest BCUT2D eigenvalue weighted by atomic mass is 35.5. The van der Waals surface area contributed by atoms with E-state index in [0.29, 0.717) is 10.7 Å². The predicted molar refractivity (Wildman–Crippen MR) is 110 cm³/mol. The van der Waals surface area contributed by atoms with Crippen molar-refractivity contribution in [3.63, 3.8) is 0 Å². The Bertz CT molecular complexity index is 1130. The maximum Gasteiger partial charge on any atom is 0.182 e. The number of piperidine rings is 1. The summed E-state index contributed by atoms with van der Waals surface area (Å²) >= 11 is 6.59. The molecule has 4 aromatic rings. The van der Waals surface area contributed by atoms with Crippen molar-refractivity contribution in [2.45, 2.75) is 32.2 Å². The molecule has 28 heavy (non-hydrogen) atoms. The first-order valence-electron chi connectivity index (χ1n) is 9.52. The van der Waals surface area contributed by atoms with Crippen LogP contribution in [0.1, 0.15) is 37.8 Å². The van der Waals surface area contributed by atoms with Crippen LogP contribution in [-0.2, 0) is 0 Å². The van der Waals surface area contributed by atoms with Crippen LogP contribution in [0, 0.1) is 0 Å². The lowest BCUT2D eigenvalue weighted by Gasteiger charge is -2.33. The number of rotatable bonds is 4. The van der Waals surface area contributed by atoms with Crippen molar-refractivity contribution in [1.29, 1.82) is 0 Å². The molecule has 1 fully saturated rings. The molecule has 0 radical (unpaired) electrons. The number of halogens is 1. The van der Waals surface area contributed by atoms with Crippen molar-refractivity contribution < 1.29 is 0 Å². The maximum absolute atomic E-state index is 6.59. The number of hydrogen-bond acceptors (Lipinski definition) is 6. The highest BCUT2D eigenvalue weighted by Crippen LogP contribution is 2.35. The van der Waals surface area contributed by atoms with Crippen LogP contribution in [0.15, 0.2) is 31.2 Å². The number of imidazole rings is 2. The molecule has 0 amide bonds. The van der Waals surface area contributed by atoms with Crippen molar-refractivity contribution in [1.82, 2.24) is 29.3 Å². The van der Waals surface area contributed by atoms with E-state index < -0.39 is 0 Å². The van der Waals surface area contributed by atoms with Gasteiger partial charge in [-0.2, -0.15) is 0 Å². The van der Waals surface area contributed by atoms with E-state index in [1.165, 1.54) is 25.6 Å². The van der Waals surface area contributed by atoms with E-state index in [9.17, 15) is 0 Å². The Morgan fingerprint density at radius 3 is 2.89 bits per heavy atom. The highest BCUT2D eigenvalue weighted by Gasteiger charge is 2.23. The van der Waals surface area contributed by atoms with Crippen LogP contribution in [0.4, 0.5) is 11.6 Å². The molecular formula is C19H21ClN8. The second kappa shape index (κ2) is 6.94. The third-order valence-corrected chi connectivity index (χ3v) is 5.65. The lowest BCUT2D eigenvalue weighted by molar-refractivity contribution is 0.568. The Hall–Kier alpha value is -2.87. The second-order valence-electron chi connectivity index (χ2n) is 7.16. The van der Waals surface area contributed by atoms with Gasteiger partial charge < -0.3 is 15.2 Å². The summed E-state index contributed by atoms with van der Waals surface area (Å²) < 4.78 is 2.10. The summed E-state index contributed by atoms with van der Waals surface area (Å²) in [5, 5.41) is 4.20. The van der Waals surface area contributed by atoms with Gasteiger partial charge in [-0.3, -0.25) is 4.40 Å². The zero-order chi connectivity index (χ0) is 19.1. The molecule has 4 aromatic heterocycles. The van der Waals surface area contributed by atoms with Gasteiger partial charge in [0, 0.05) is 18.7 Å². The molecule has 5 heterocycles. The van der Waals surface area contributed by atoms with Crippen LogP contribution in [-0.4, -0.2) is 42.4 Å². The van der Waals surface area contributed by atoms with Gasteiger partial charge in [-0.1, -0.05) is 11.6 Å². The van der Waals surface area contributed by atoms with Crippen LogP contribution in [0.3, 0.4) is 0 Å². The first-order chi connectivity index (χ1) is 13.7. The molecule has 0 spiro atoms. The number of hydrogen-bond donors (Lipinski definition) is 2. The molecule has 144 valence electrons. The number of anilines is 2.